The van der Waals surface area contributed by atoms with Gasteiger partial charge in [-0.25, -0.2) is 9.78 Å². The van der Waals surface area contributed by atoms with Gasteiger partial charge < -0.3 is 20.1 Å². The van der Waals surface area contributed by atoms with E-state index in [-0.39, 0.29) is 17.9 Å². The molecule has 0 bridgehead atoms. The van der Waals surface area contributed by atoms with Crippen molar-refractivity contribution < 1.29 is 19.4 Å². The predicted octanol–water partition coefficient (Wildman–Crippen LogP) is 2.94. The molecule has 26 heavy (non-hydrogen) atoms. The first-order valence-electron chi connectivity index (χ1n) is 8.19. The number of aromatic nitrogens is 1. The summed E-state index contributed by atoms with van der Waals surface area (Å²) < 4.78 is 5.21. The fourth-order valence-electron chi connectivity index (χ4n) is 2.52. The quantitative estimate of drug-likeness (QED) is 0.860. The number of aliphatic hydroxyl groups excluding tert-OH is 1. The molecule has 8 heteroatoms. The van der Waals surface area contributed by atoms with Crippen molar-refractivity contribution in [1.29, 1.82) is 0 Å². The zero-order chi connectivity index (χ0) is 18.5. The number of benzene rings is 1. The fourth-order valence-corrected chi connectivity index (χ4v) is 2.65. The van der Waals surface area contributed by atoms with Gasteiger partial charge in [-0.05, 0) is 43.2 Å². The SMILES string of the molecule is O=C(Nc1ccc(OC(=O)N2CCC(O)CC2)nc1)c1ccc(Cl)cc1. The van der Waals surface area contributed by atoms with Crippen LogP contribution in [0.15, 0.2) is 42.6 Å². The molecule has 2 heterocycles. The molecule has 1 saturated heterocycles. The zero-order valence-electron chi connectivity index (χ0n) is 13.9. The van der Waals surface area contributed by atoms with E-state index in [9.17, 15) is 14.7 Å². The van der Waals surface area contributed by atoms with Gasteiger partial charge in [0.15, 0.2) is 0 Å². The molecule has 1 aromatic heterocycles. The molecule has 0 radical (unpaired) electrons. The lowest BCUT2D eigenvalue weighted by atomic mass is 10.1. The van der Waals surface area contributed by atoms with Crippen LogP contribution in [0.1, 0.15) is 23.2 Å². The number of nitrogens with one attached hydrogen (secondary N) is 1. The Labute approximate surface area is 155 Å². The van der Waals surface area contributed by atoms with E-state index in [2.05, 4.69) is 10.3 Å². The van der Waals surface area contributed by atoms with Gasteiger partial charge in [-0.15, -0.1) is 0 Å². The Bertz CT molecular complexity index is 772. The van der Waals surface area contributed by atoms with Crippen molar-refractivity contribution in [1.82, 2.24) is 9.88 Å². The first kappa shape index (κ1) is 18.2. The first-order valence-corrected chi connectivity index (χ1v) is 8.57. The summed E-state index contributed by atoms with van der Waals surface area (Å²) in [7, 11) is 0. The molecule has 2 aromatic rings. The Morgan fingerprint density at radius 3 is 2.46 bits per heavy atom. The first-order chi connectivity index (χ1) is 12.5. The molecular weight excluding hydrogens is 358 g/mol. The number of rotatable bonds is 3. The molecule has 3 rings (SSSR count). The number of hydrogen-bond donors (Lipinski definition) is 2. The molecule has 1 aliphatic heterocycles. The van der Waals surface area contributed by atoms with E-state index >= 15 is 0 Å². The number of likely N-dealkylation sites (tertiary alicyclic amines) is 1. The Kier molecular flexibility index (Phi) is 5.70. The number of halogens is 1. The molecule has 7 nitrogen and oxygen atoms in total. The van der Waals surface area contributed by atoms with Crippen LogP contribution in [0.5, 0.6) is 5.88 Å². The summed E-state index contributed by atoms with van der Waals surface area (Å²) in [5.74, 6) is -0.148. The predicted molar refractivity (Wildman–Crippen MR) is 96.5 cm³/mol. The number of anilines is 1. The second-order valence-electron chi connectivity index (χ2n) is 5.93. The van der Waals surface area contributed by atoms with Gasteiger partial charge in [-0.2, -0.15) is 0 Å². The third kappa shape index (κ3) is 4.71. The van der Waals surface area contributed by atoms with Crippen LogP contribution in [-0.2, 0) is 0 Å². The van der Waals surface area contributed by atoms with Gasteiger partial charge in [0.25, 0.3) is 5.91 Å². The van der Waals surface area contributed by atoms with Crippen molar-refractivity contribution in [2.24, 2.45) is 0 Å². The van der Waals surface area contributed by atoms with E-state index in [4.69, 9.17) is 16.3 Å². The number of carbonyl (C=O) groups excluding carboxylic acids is 2. The fraction of sp³-hybridized carbons (Fsp3) is 0.278. The Morgan fingerprint density at radius 2 is 1.85 bits per heavy atom. The third-order valence-corrected chi connectivity index (χ3v) is 4.27. The molecule has 0 unspecified atom stereocenters. The Hall–Kier alpha value is -2.64. The summed E-state index contributed by atoms with van der Waals surface area (Å²) in [5, 5.41) is 12.7. The average molecular weight is 376 g/mol. The number of ether oxygens (including phenoxy) is 1. The van der Waals surface area contributed by atoms with Crippen LogP contribution in [0.25, 0.3) is 0 Å². The monoisotopic (exact) mass is 375 g/mol. The summed E-state index contributed by atoms with van der Waals surface area (Å²) in [6.45, 7) is 0.907. The number of carbonyl (C=O) groups is 2. The number of pyridine rings is 1. The highest BCUT2D eigenvalue weighted by Gasteiger charge is 2.23. The maximum atomic E-state index is 12.1. The van der Waals surface area contributed by atoms with Gasteiger partial charge in [-0.3, -0.25) is 4.79 Å². The standard InChI is InChI=1S/C18H18ClN3O4/c19-13-3-1-12(2-4-13)17(24)21-14-5-6-16(20-11-14)26-18(25)22-9-7-15(23)8-10-22/h1-6,11,15,23H,7-10H2,(H,21,24). The largest absolute Gasteiger partial charge is 0.416 e. The van der Waals surface area contributed by atoms with Gasteiger partial charge in [-0.1, -0.05) is 11.6 Å². The molecular formula is C18H18ClN3O4. The summed E-state index contributed by atoms with van der Waals surface area (Å²) in [6.07, 6.45) is 1.63. The normalized spacial score (nSPS) is 14.8. The maximum absolute atomic E-state index is 12.1. The lowest BCUT2D eigenvalue weighted by Crippen LogP contribution is -2.41. The average Bonchev–Trinajstić information content (AvgIpc) is 2.64. The van der Waals surface area contributed by atoms with Crippen LogP contribution in [-0.4, -0.2) is 46.2 Å². The highest BCUT2D eigenvalue weighted by molar-refractivity contribution is 6.30. The lowest BCUT2D eigenvalue weighted by Gasteiger charge is -2.28. The van der Waals surface area contributed by atoms with Crippen molar-refractivity contribution in [3.63, 3.8) is 0 Å². The lowest BCUT2D eigenvalue weighted by molar-refractivity contribution is 0.0792. The van der Waals surface area contributed by atoms with Crippen molar-refractivity contribution >= 4 is 29.3 Å². The highest BCUT2D eigenvalue weighted by Crippen LogP contribution is 2.16. The van der Waals surface area contributed by atoms with Crippen molar-refractivity contribution in [2.75, 3.05) is 18.4 Å². The van der Waals surface area contributed by atoms with E-state index in [1.165, 1.54) is 17.2 Å². The minimum atomic E-state index is -0.498. The number of amides is 2. The van der Waals surface area contributed by atoms with E-state index in [1.807, 2.05) is 0 Å². The van der Waals surface area contributed by atoms with Crippen molar-refractivity contribution in [3.05, 3.63) is 53.2 Å². The van der Waals surface area contributed by atoms with Crippen LogP contribution in [0, 0.1) is 0 Å². The van der Waals surface area contributed by atoms with E-state index in [0.717, 1.165) is 0 Å². The number of hydrogen-bond acceptors (Lipinski definition) is 5. The molecule has 2 amide bonds. The second kappa shape index (κ2) is 8.16. The van der Waals surface area contributed by atoms with Gasteiger partial charge in [0.1, 0.15) is 0 Å². The van der Waals surface area contributed by atoms with Gasteiger partial charge >= 0.3 is 6.09 Å². The van der Waals surface area contributed by atoms with E-state index in [0.29, 0.717) is 42.2 Å². The van der Waals surface area contributed by atoms with Crippen LogP contribution in [0.4, 0.5) is 10.5 Å². The van der Waals surface area contributed by atoms with E-state index in [1.54, 1.807) is 30.3 Å². The molecule has 1 fully saturated rings. The van der Waals surface area contributed by atoms with Crippen LogP contribution in [0.2, 0.25) is 5.02 Å². The third-order valence-electron chi connectivity index (χ3n) is 4.02. The minimum absolute atomic E-state index is 0.144. The molecule has 0 spiro atoms. The Morgan fingerprint density at radius 1 is 1.15 bits per heavy atom. The zero-order valence-corrected chi connectivity index (χ0v) is 14.6. The molecule has 0 saturated carbocycles. The molecule has 0 atom stereocenters. The van der Waals surface area contributed by atoms with Crippen LogP contribution in [0.3, 0.4) is 0 Å². The van der Waals surface area contributed by atoms with Crippen molar-refractivity contribution in [3.8, 4) is 5.88 Å². The molecule has 0 aliphatic carbocycles. The van der Waals surface area contributed by atoms with E-state index < -0.39 is 6.09 Å². The van der Waals surface area contributed by atoms with Crippen LogP contribution < -0.4 is 10.1 Å². The maximum Gasteiger partial charge on any atom is 0.416 e. The number of nitrogens with zero attached hydrogens (tertiary/aromatic N) is 2. The van der Waals surface area contributed by atoms with Crippen molar-refractivity contribution in [2.45, 2.75) is 18.9 Å². The molecule has 1 aromatic carbocycles. The summed E-state index contributed by atoms with van der Waals surface area (Å²) >= 11 is 5.80. The van der Waals surface area contributed by atoms with Gasteiger partial charge in [0, 0.05) is 29.7 Å². The number of piperidine rings is 1. The minimum Gasteiger partial charge on any atom is -0.393 e. The molecule has 136 valence electrons. The smallest absolute Gasteiger partial charge is 0.393 e. The summed E-state index contributed by atoms with van der Waals surface area (Å²) in [4.78, 5) is 29.7. The molecule has 2 N–H and O–H groups in total. The Balaban J connectivity index is 1.55. The van der Waals surface area contributed by atoms with Gasteiger partial charge in [0.05, 0.1) is 18.0 Å². The summed E-state index contributed by atoms with van der Waals surface area (Å²) in [5.41, 5.74) is 0.947. The molecule has 1 aliphatic rings. The second-order valence-corrected chi connectivity index (χ2v) is 6.37. The van der Waals surface area contributed by atoms with Crippen LogP contribution >= 0.6 is 11.6 Å². The highest BCUT2D eigenvalue weighted by atomic mass is 35.5. The number of aliphatic hydroxyl groups is 1. The summed E-state index contributed by atoms with van der Waals surface area (Å²) in [6, 6.07) is 9.62. The topological polar surface area (TPSA) is 91.8 Å². The van der Waals surface area contributed by atoms with Gasteiger partial charge in [0.2, 0.25) is 5.88 Å².